The molecule has 13 nitrogen and oxygen atoms in total. The Balaban J connectivity index is 1.46. The van der Waals surface area contributed by atoms with Crippen LogP contribution in [0.2, 0.25) is 0 Å². The zero-order valence-electron chi connectivity index (χ0n) is 22.3. The van der Waals surface area contributed by atoms with Crippen LogP contribution in [0.3, 0.4) is 0 Å². The first kappa shape index (κ1) is 26.0. The number of morpholine rings is 1. The summed E-state index contributed by atoms with van der Waals surface area (Å²) in [4.78, 5) is 30.5. The largest absolute Gasteiger partial charge is 0.466 e. The van der Waals surface area contributed by atoms with Gasteiger partial charge in [0.1, 0.15) is 11.4 Å². The quantitative estimate of drug-likeness (QED) is 0.439. The molecule has 0 bridgehead atoms. The molecule has 204 valence electrons. The number of anilines is 1. The van der Waals surface area contributed by atoms with Crippen molar-refractivity contribution in [1.82, 2.24) is 34.8 Å². The first-order valence-corrected chi connectivity index (χ1v) is 12.8. The number of ether oxygens (including phenoxy) is 4. The van der Waals surface area contributed by atoms with Crippen molar-refractivity contribution in [3.05, 3.63) is 18.5 Å². The molecule has 0 aliphatic carbocycles. The monoisotopic (exact) mass is 526 g/mol. The van der Waals surface area contributed by atoms with Crippen LogP contribution >= 0.6 is 0 Å². The van der Waals surface area contributed by atoms with E-state index in [1.54, 1.807) is 24.4 Å². The normalized spacial score (nSPS) is 17.2. The molecule has 0 radical (unpaired) electrons. The number of piperidine rings is 1. The molecule has 38 heavy (non-hydrogen) atoms. The smallest absolute Gasteiger partial charge is 0.410 e. The number of likely N-dealkylation sites (tertiary alicyclic amines) is 1. The molecule has 0 spiro atoms. The highest BCUT2D eigenvalue weighted by atomic mass is 16.7. The average molecular weight is 527 g/mol. The van der Waals surface area contributed by atoms with Gasteiger partial charge in [0.2, 0.25) is 0 Å². The highest BCUT2D eigenvalue weighted by molar-refractivity contribution is 5.85. The van der Waals surface area contributed by atoms with Crippen molar-refractivity contribution in [2.75, 3.05) is 58.2 Å². The molecule has 5 rings (SSSR count). The Morgan fingerprint density at radius 3 is 2.58 bits per heavy atom. The number of carbonyl (C=O) groups excluding carboxylic acids is 1. The van der Waals surface area contributed by atoms with Crippen molar-refractivity contribution >= 4 is 23.1 Å². The summed E-state index contributed by atoms with van der Waals surface area (Å²) >= 11 is 0. The molecule has 2 aliphatic rings. The van der Waals surface area contributed by atoms with E-state index in [9.17, 15) is 4.79 Å². The van der Waals surface area contributed by atoms with E-state index in [2.05, 4.69) is 20.2 Å². The Kier molecular flexibility index (Phi) is 7.56. The second-order valence-electron chi connectivity index (χ2n) is 10.3. The zero-order chi connectivity index (χ0) is 26.7. The third-order valence-corrected chi connectivity index (χ3v) is 6.39. The minimum absolute atomic E-state index is 0.0356. The number of hydrogen-bond donors (Lipinski definition) is 0. The fourth-order valence-electron chi connectivity index (χ4n) is 4.55. The fourth-order valence-corrected chi connectivity index (χ4v) is 4.55. The second kappa shape index (κ2) is 11.0. The number of nitrogens with zero attached hydrogens (tertiary/aromatic N) is 8. The van der Waals surface area contributed by atoms with Gasteiger partial charge in [-0.05, 0) is 39.7 Å². The van der Waals surface area contributed by atoms with Crippen molar-refractivity contribution in [2.24, 2.45) is 0 Å². The fraction of sp³-hybridized carbons (Fsp3) is 0.600. The first-order valence-electron chi connectivity index (χ1n) is 12.8. The van der Waals surface area contributed by atoms with Gasteiger partial charge in [-0.15, -0.1) is 5.10 Å². The molecule has 13 heteroatoms. The van der Waals surface area contributed by atoms with Gasteiger partial charge in [0.15, 0.2) is 29.6 Å². The summed E-state index contributed by atoms with van der Waals surface area (Å²) in [6, 6.07) is 1.87. The third-order valence-electron chi connectivity index (χ3n) is 6.39. The molecule has 1 amide bonds. The van der Waals surface area contributed by atoms with E-state index in [4.69, 9.17) is 28.9 Å². The maximum absolute atomic E-state index is 12.5. The summed E-state index contributed by atoms with van der Waals surface area (Å²) in [5.74, 6) is 1.78. The van der Waals surface area contributed by atoms with Crippen LogP contribution in [0.5, 0.6) is 5.75 Å². The summed E-state index contributed by atoms with van der Waals surface area (Å²) in [6.07, 6.45) is 4.46. The summed E-state index contributed by atoms with van der Waals surface area (Å²) < 4.78 is 23.6. The van der Waals surface area contributed by atoms with Gasteiger partial charge in [0.25, 0.3) is 0 Å². The lowest BCUT2D eigenvalue weighted by Gasteiger charge is -2.33. The first-order chi connectivity index (χ1) is 18.3. The number of methoxy groups -OCH3 is 1. The summed E-state index contributed by atoms with van der Waals surface area (Å²) in [5, 5.41) is 9.02. The van der Waals surface area contributed by atoms with Crippen LogP contribution in [0, 0.1) is 0 Å². The summed E-state index contributed by atoms with van der Waals surface area (Å²) in [5.41, 5.74) is 1.47. The summed E-state index contributed by atoms with van der Waals surface area (Å²) in [6.45, 7) is 9.48. The lowest BCUT2D eigenvalue weighted by Crippen LogP contribution is -2.42. The standard InChI is InChI=1S/C25H34N8O5/c1-25(2,3)38-24(34)32-7-5-18(6-8-32)33-23-20(29-30-33)22(31-9-11-36-12-10-31)27-21(28-23)17-13-19(15-26-14-17)37-16-35-4/h13-15,18H,5-12,16H2,1-4H3. The van der Waals surface area contributed by atoms with E-state index < -0.39 is 5.60 Å². The Morgan fingerprint density at radius 1 is 1.11 bits per heavy atom. The van der Waals surface area contributed by atoms with Gasteiger partial charge < -0.3 is 28.7 Å². The van der Waals surface area contributed by atoms with Gasteiger partial charge in [0, 0.05) is 45.0 Å². The van der Waals surface area contributed by atoms with Gasteiger partial charge in [0.05, 0.1) is 25.5 Å². The van der Waals surface area contributed by atoms with Crippen LogP contribution in [0.25, 0.3) is 22.6 Å². The van der Waals surface area contributed by atoms with E-state index in [0.29, 0.717) is 86.4 Å². The van der Waals surface area contributed by atoms with Crippen molar-refractivity contribution in [2.45, 2.75) is 45.3 Å². The number of pyridine rings is 1. The molecule has 3 aromatic rings. The van der Waals surface area contributed by atoms with Gasteiger partial charge in [-0.3, -0.25) is 4.98 Å². The van der Waals surface area contributed by atoms with Gasteiger partial charge in [-0.25, -0.2) is 19.4 Å². The molecule has 5 heterocycles. The van der Waals surface area contributed by atoms with Crippen molar-refractivity contribution in [3.8, 4) is 17.1 Å². The highest BCUT2D eigenvalue weighted by Crippen LogP contribution is 2.31. The SMILES string of the molecule is COCOc1cncc(-c2nc(N3CCOCC3)c3nnn(C4CCN(C(=O)OC(C)(C)C)CC4)c3n2)c1. The number of rotatable bonds is 6. The average Bonchev–Trinajstić information content (AvgIpc) is 3.35. The Bertz CT molecular complexity index is 1260. The van der Waals surface area contributed by atoms with Gasteiger partial charge >= 0.3 is 6.09 Å². The number of fused-ring (bicyclic) bond motifs is 1. The third kappa shape index (κ3) is 5.78. The van der Waals surface area contributed by atoms with Crippen molar-refractivity contribution in [3.63, 3.8) is 0 Å². The van der Waals surface area contributed by atoms with Crippen LogP contribution in [-0.2, 0) is 14.2 Å². The summed E-state index contributed by atoms with van der Waals surface area (Å²) in [7, 11) is 1.56. The van der Waals surface area contributed by atoms with Crippen molar-refractivity contribution in [1.29, 1.82) is 0 Å². The van der Waals surface area contributed by atoms with Gasteiger partial charge in [-0.1, -0.05) is 5.21 Å². The molecule has 2 aliphatic heterocycles. The molecule has 0 atom stereocenters. The number of hydrogen-bond acceptors (Lipinski definition) is 11. The van der Waals surface area contributed by atoms with Crippen LogP contribution in [-0.4, -0.2) is 99.8 Å². The lowest BCUT2D eigenvalue weighted by atomic mass is 10.1. The molecule has 0 saturated carbocycles. The lowest BCUT2D eigenvalue weighted by molar-refractivity contribution is 0.0185. The van der Waals surface area contributed by atoms with E-state index in [1.165, 1.54) is 0 Å². The zero-order valence-corrected chi connectivity index (χ0v) is 22.3. The molecule has 0 aromatic carbocycles. The number of amides is 1. The Morgan fingerprint density at radius 2 is 1.87 bits per heavy atom. The van der Waals surface area contributed by atoms with Crippen LogP contribution in [0.1, 0.15) is 39.7 Å². The van der Waals surface area contributed by atoms with E-state index >= 15 is 0 Å². The molecule has 0 N–H and O–H groups in total. The van der Waals surface area contributed by atoms with Crippen molar-refractivity contribution < 1.29 is 23.7 Å². The Labute approximate surface area is 221 Å². The molecule has 3 aromatic heterocycles. The molecular weight excluding hydrogens is 492 g/mol. The molecule has 2 fully saturated rings. The van der Waals surface area contributed by atoms with E-state index in [0.717, 1.165) is 0 Å². The second-order valence-corrected chi connectivity index (χ2v) is 10.3. The predicted molar refractivity (Wildman–Crippen MR) is 138 cm³/mol. The molecule has 0 unspecified atom stereocenters. The van der Waals surface area contributed by atoms with Crippen LogP contribution < -0.4 is 9.64 Å². The minimum atomic E-state index is -0.528. The van der Waals surface area contributed by atoms with Gasteiger partial charge in [-0.2, -0.15) is 0 Å². The van der Waals surface area contributed by atoms with Crippen LogP contribution in [0.4, 0.5) is 10.6 Å². The number of carbonyl (C=O) groups is 1. The maximum atomic E-state index is 12.5. The predicted octanol–water partition coefficient (Wildman–Crippen LogP) is 2.67. The van der Waals surface area contributed by atoms with E-state index in [1.807, 2.05) is 31.5 Å². The number of aromatic nitrogens is 6. The highest BCUT2D eigenvalue weighted by Gasteiger charge is 2.30. The van der Waals surface area contributed by atoms with Crippen LogP contribution in [0.15, 0.2) is 18.5 Å². The van der Waals surface area contributed by atoms with E-state index in [-0.39, 0.29) is 18.9 Å². The molecular formula is C25H34N8O5. The maximum Gasteiger partial charge on any atom is 0.410 e. The molecule has 2 saturated heterocycles. The topological polar surface area (TPSA) is 130 Å². The Hall–Kier alpha value is -3.58. The minimum Gasteiger partial charge on any atom is -0.466 e.